The van der Waals surface area contributed by atoms with Gasteiger partial charge < -0.3 is 15.1 Å². The standard InChI is InChI=1S/C34H30F2N6O3/c1-22-28-13-14-30(43)42(27-11-8-24(9-12-27)33(45)37-21-25-7-10-26(35)20-29(25)36)32(28)39-34(38-22)41-17-15-40(16-18-41)31(44)19-23-5-3-2-4-6-23/h2-14,20H,15-19,21H2,1H3,(H,37,45). The van der Waals surface area contributed by atoms with Crippen molar-refractivity contribution in [2.24, 2.45) is 0 Å². The van der Waals surface area contributed by atoms with Crippen LogP contribution < -0.4 is 15.8 Å². The largest absolute Gasteiger partial charge is 0.348 e. The molecule has 0 saturated carbocycles. The summed E-state index contributed by atoms with van der Waals surface area (Å²) in [5.41, 5.74) is 2.78. The highest BCUT2D eigenvalue weighted by Crippen LogP contribution is 2.22. The Morgan fingerprint density at radius 1 is 0.867 bits per heavy atom. The Balaban J connectivity index is 1.19. The van der Waals surface area contributed by atoms with Gasteiger partial charge in [0.1, 0.15) is 11.6 Å². The third-order valence-electron chi connectivity index (χ3n) is 7.88. The van der Waals surface area contributed by atoms with Gasteiger partial charge in [0.05, 0.1) is 17.8 Å². The van der Waals surface area contributed by atoms with Crippen molar-refractivity contribution >= 4 is 28.8 Å². The van der Waals surface area contributed by atoms with Gasteiger partial charge in [0, 0.05) is 61.4 Å². The van der Waals surface area contributed by atoms with Crippen LogP contribution in [0.3, 0.4) is 0 Å². The number of amides is 2. The van der Waals surface area contributed by atoms with E-state index in [0.717, 1.165) is 17.7 Å². The molecule has 3 heterocycles. The van der Waals surface area contributed by atoms with Crippen LogP contribution >= 0.6 is 0 Å². The van der Waals surface area contributed by atoms with Crippen molar-refractivity contribution in [1.82, 2.24) is 24.8 Å². The average molecular weight is 609 g/mol. The number of benzene rings is 3. The van der Waals surface area contributed by atoms with E-state index in [9.17, 15) is 23.2 Å². The van der Waals surface area contributed by atoms with E-state index in [0.29, 0.717) is 66.5 Å². The van der Waals surface area contributed by atoms with Gasteiger partial charge in [-0.25, -0.2) is 13.8 Å². The van der Waals surface area contributed by atoms with E-state index in [1.165, 1.54) is 16.7 Å². The molecule has 11 heteroatoms. The molecule has 1 aliphatic heterocycles. The maximum Gasteiger partial charge on any atom is 0.256 e. The summed E-state index contributed by atoms with van der Waals surface area (Å²) < 4.78 is 28.6. The predicted molar refractivity (Wildman–Crippen MR) is 166 cm³/mol. The van der Waals surface area contributed by atoms with Crippen molar-refractivity contribution in [2.45, 2.75) is 19.9 Å². The number of carbonyl (C=O) groups excluding carboxylic acids is 2. The lowest BCUT2D eigenvalue weighted by molar-refractivity contribution is -0.130. The van der Waals surface area contributed by atoms with E-state index >= 15 is 0 Å². The average Bonchev–Trinajstić information content (AvgIpc) is 3.04. The number of nitrogens with one attached hydrogen (secondary N) is 1. The number of carbonyl (C=O) groups is 2. The molecule has 0 aliphatic carbocycles. The Morgan fingerprint density at radius 3 is 2.31 bits per heavy atom. The summed E-state index contributed by atoms with van der Waals surface area (Å²) in [6.07, 6.45) is 0.353. The Labute approximate surface area is 257 Å². The second kappa shape index (κ2) is 12.7. The molecule has 0 unspecified atom stereocenters. The highest BCUT2D eigenvalue weighted by Gasteiger charge is 2.24. The molecule has 0 spiro atoms. The first-order valence-corrected chi connectivity index (χ1v) is 14.6. The van der Waals surface area contributed by atoms with Gasteiger partial charge >= 0.3 is 0 Å². The van der Waals surface area contributed by atoms with Crippen molar-refractivity contribution in [2.75, 3.05) is 31.1 Å². The summed E-state index contributed by atoms with van der Waals surface area (Å²) in [4.78, 5) is 52.1. The molecule has 228 valence electrons. The van der Waals surface area contributed by atoms with Crippen molar-refractivity contribution in [1.29, 1.82) is 0 Å². The Kier molecular flexibility index (Phi) is 8.33. The minimum absolute atomic E-state index is 0.0741. The smallest absolute Gasteiger partial charge is 0.256 e. The van der Waals surface area contributed by atoms with Crippen molar-refractivity contribution in [3.8, 4) is 5.69 Å². The molecular weight excluding hydrogens is 578 g/mol. The lowest BCUT2D eigenvalue weighted by Gasteiger charge is -2.35. The van der Waals surface area contributed by atoms with Gasteiger partial charge in [0.25, 0.3) is 11.5 Å². The number of hydrogen-bond donors (Lipinski definition) is 1. The molecule has 45 heavy (non-hydrogen) atoms. The molecule has 2 aromatic heterocycles. The first kappa shape index (κ1) is 29.6. The van der Waals surface area contributed by atoms with Crippen LogP contribution in [-0.4, -0.2) is 57.4 Å². The van der Waals surface area contributed by atoms with Gasteiger partial charge in [-0.1, -0.05) is 36.4 Å². The van der Waals surface area contributed by atoms with E-state index < -0.39 is 17.5 Å². The summed E-state index contributed by atoms with van der Waals surface area (Å²) in [7, 11) is 0. The maximum atomic E-state index is 14.0. The minimum atomic E-state index is -0.740. The molecule has 1 N–H and O–H groups in total. The fraction of sp³-hybridized carbons (Fsp3) is 0.206. The molecule has 3 aromatic carbocycles. The number of halogens is 2. The van der Waals surface area contributed by atoms with E-state index in [1.54, 1.807) is 30.3 Å². The third-order valence-corrected chi connectivity index (χ3v) is 7.88. The number of anilines is 1. The van der Waals surface area contributed by atoms with Gasteiger partial charge in [-0.15, -0.1) is 0 Å². The van der Waals surface area contributed by atoms with Gasteiger partial charge in [-0.3, -0.25) is 19.0 Å². The molecule has 0 bridgehead atoms. The molecular formula is C34H30F2N6O3. The number of aryl methyl sites for hydroxylation is 1. The number of fused-ring (bicyclic) bond motifs is 1. The second-order valence-electron chi connectivity index (χ2n) is 10.8. The fourth-order valence-electron chi connectivity index (χ4n) is 5.38. The molecule has 5 aromatic rings. The molecule has 1 fully saturated rings. The van der Waals surface area contributed by atoms with Gasteiger partial charge in [-0.05, 0) is 48.9 Å². The van der Waals surface area contributed by atoms with E-state index in [1.807, 2.05) is 47.1 Å². The van der Waals surface area contributed by atoms with E-state index in [4.69, 9.17) is 9.97 Å². The molecule has 1 saturated heterocycles. The summed E-state index contributed by atoms with van der Waals surface area (Å²) in [5.74, 6) is -1.33. The summed E-state index contributed by atoms with van der Waals surface area (Å²) in [6.45, 7) is 3.92. The zero-order valence-corrected chi connectivity index (χ0v) is 24.5. The van der Waals surface area contributed by atoms with E-state index in [2.05, 4.69) is 5.32 Å². The van der Waals surface area contributed by atoms with Crippen molar-refractivity contribution < 1.29 is 18.4 Å². The third kappa shape index (κ3) is 6.42. The summed E-state index contributed by atoms with van der Waals surface area (Å²) in [5, 5.41) is 3.34. The highest BCUT2D eigenvalue weighted by molar-refractivity contribution is 5.94. The number of rotatable bonds is 7. The SMILES string of the molecule is Cc1nc(N2CCN(C(=O)Cc3ccccc3)CC2)nc2c1ccc(=O)n2-c1ccc(C(=O)NCc2ccc(F)cc2F)cc1. The van der Waals surface area contributed by atoms with Crippen LogP contribution in [0.2, 0.25) is 0 Å². The van der Waals surface area contributed by atoms with Gasteiger partial charge in [0.2, 0.25) is 11.9 Å². The molecule has 6 rings (SSSR count). The molecule has 0 radical (unpaired) electrons. The predicted octanol–water partition coefficient (Wildman–Crippen LogP) is 4.19. The summed E-state index contributed by atoms with van der Waals surface area (Å²) >= 11 is 0. The fourth-order valence-corrected chi connectivity index (χ4v) is 5.38. The number of hydrogen-bond acceptors (Lipinski definition) is 6. The zero-order chi connectivity index (χ0) is 31.5. The van der Waals surface area contributed by atoms with Crippen molar-refractivity contribution in [3.63, 3.8) is 0 Å². The number of aromatic nitrogens is 3. The Morgan fingerprint density at radius 2 is 1.60 bits per heavy atom. The molecule has 0 atom stereocenters. The monoisotopic (exact) mass is 608 g/mol. The normalized spacial score (nSPS) is 13.2. The minimum Gasteiger partial charge on any atom is -0.348 e. The first-order chi connectivity index (χ1) is 21.8. The van der Waals surface area contributed by atoms with Gasteiger partial charge in [-0.2, -0.15) is 4.98 Å². The molecule has 9 nitrogen and oxygen atoms in total. The van der Waals surface area contributed by atoms with Crippen LogP contribution in [0.15, 0.2) is 89.7 Å². The van der Waals surface area contributed by atoms with Crippen LogP contribution in [0.1, 0.15) is 27.2 Å². The second-order valence-corrected chi connectivity index (χ2v) is 10.8. The van der Waals surface area contributed by atoms with Crippen LogP contribution in [0, 0.1) is 18.6 Å². The molecule has 2 amide bonds. The van der Waals surface area contributed by atoms with Crippen LogP contribution in [0.5, 0.6) is 0 Å². The maximum absolute atomic E-state index is 14.0. The van der Waals surface area contributed by atoms with Gasteiger partial charge in [0.15, 0.2) is 5.65 Å². The Bertz CT molecular complexity index is 1940. The quantitative estimate of drug-likeness (QED) is 0.298. The number of pyridine rings is 1. The lowest BCUT2D eigenvalue weighted by Crippen LogP contribution is -2.49. The topological polar surface area (TPSA) is 100 Å². The summed E-state index contributed by atoms with van der Waals surface area (Å²) in [6, 6.07) is 22.4. The zero-order valence-electron chi connectivity index (χ0n) is 24.5. The number of nitrogens with zero attached hydrogens (tertiary/aromatic N) is 5. The van der Waals surface area contributed by atoms with Crippen molar-refractivity contribution in [3.05, 3.63) is 129 Å². The lowest BCUT2D eigenvalue weighted by atomic mass is 10.1. The van der Waals surface area contributed by atoms with E-state index in [-0.39, 0.29) is 23.6 Å². The molecule has 1 aliphatic rings. The Hall–Kier alpha value is -5.45. The highest BCUT2D eigenvalue weighted by atomic mass is 19.1. The van der Waals surface area contributed by atoms with Crippen LogP contribution in [-0.2, 0) is 17.8 Å². The first-order valence-electron chi connectivity index (χ1n) is 14.6. The van der Waals surface area contributed by atoms with Crippen LogP contribution in [0.4, 0.5) is 14.7 Å². The van der Waals surface area contributed by atoms with Crippen LogP contribution in [0.25, 0.3) is 16.7 Å². The number of piperazine rings is 1.